The molecule has 0 unspecified atom stereocenters. The number of hydrogen-bond acceptors (Lipinski definition) is 8. The molecule has 0 aliphatic carbocycles. The molecule has 9 nitrogen and oxygen atoms in total. The van der Waals surface area contributed by atoms with Gasteiger partial charge in [-0.25, -0.2) is 28.1 Å². The van der Waals surface area contributed by atoms with E-state index in [0.717, 1.165) is 42.5 Å². The van der Waals surface area contributed by atoms with E-state index < -0.39 is 10.0 Å². The summed E-state index contributed by atoms with van der Waals surface area (Å²) in [5, 5.41) is 4.67. The van der Waals surface area contributed by atoms with Crippen molar-refractivity contribution in [1.82, 2.24) is 20.0 Å². The predicted octanol–water partition coefficient (Wildman–Crippen LogP) is 6.52. The van der Waals surface area contributed by atoms with Crippen molar-refractivity contribution in [3.63, 3.8) is 0 Å². The summed E-state index contributed by atoms with van der Waals surface area (Å²) in [4.78, 5) is 20.3. The molecule has 43 heavy (non-hydrogen) atoms. The smallest absolute Gasteiger partial charge is 0.264 e. The van der Waals surface area contributed by atoms with Crippen LogP contribution in [0, 0.1) is 19.8 Å². The summed E-state index contributed by atoms with van der Waals surface area (Å²) in [6.07, 6.45) is 3.73. The van der Waals surface area contributed by atoms with Crippen LogP contribution in [0.5, 0.6) is 5.88 Å². The fraction of sp³-hybridized carbons (Fsp3) is 0.485. The van der Waals surface area contributed by atoms with Crippen molar-refractivity contribution in [1.29, 1.82) is 0 Å². The van der Waals surface area contributed by atoms with Crippen molar-refractivity contribution in [3.8, 4) is 17.1 Å². The van der Waals surface area contributed by atoms with Crippen LogP contribution in [0.15, 0.2) is 53.4 Å². The molecule has 3 rings (SSSR count). The summed E-state index contributed by atoms with van der Waals surface area (Å²) in [6.45, 7) is 16.3. The lowest BCUT2D eigenvalue weighted by Gasteiger charge is -2.41. The van der Waals surface area contributed by atoms with Gasteiger partial charge in [0.25, 0.3) is 10.0 Å². The second kappa shape index (κ2) is 15.4. The molecule has 2 aromatic carbocycles. The van der Waals surface area contributed by atoms with Gasteiger partial charge in [0.05, 0.1) is 16.6 Å². The molecule has 10 heteroatoms. The van der Waals surface area contributed by atoms with Gasteiger partial charge in [0.1, 0.15) is 12.9 Å². The first kappa shape index (κ1) is 34.2. The number of nitrogens with one attached hydrogen (secondary N) is 1. The van der Waals surface area contributed by atoms with E-state index in [0.29, 0.717) is 30.5 Å². The van der Waals surface area contributed by atoms with Crippen molar-refractivity contribution in [3.05, 3.63) is 65.2 Å². The Kier molecular flexibility index (Phi) is 12.2. The molecule has 0 saturated heterocycles. The number of aromatic nitrogens is 2. The van der Waals surface area contributed by atoms with Gasteiger partial charge in [-0.1, -0.05) is 57.5 Å². The first-order chi connectivity index (χ1) is 20.4. The van der Waals surface area contributed by atoms with Crippen LogP contribution >= 0.6 is 0 Å². The fourth-order valence-electron chi connectivity index (χ4n) is 5.19. The van der Waals surface area contributed by atoms with E-state index in [4.69, 9.17) is 4.74 Å². The summed E-state index contributed by atoms with van der Waals surface area (Å²) in [5.74, 6) is 0.613. The van der Waals surface area contributed by atoms with Crippen LogP contribution in [-0.4, -0.2) is 67.0 Å². The Morgan fingerprint density at radius 1 is 1.00 bits per heavy atom. The minimum Gasteiger partial charge on any atom is -0.476 e. The maximum atomic E-state index is 13.3. The average Bonchev–Trinajstić information content (AvgIpc) is 2.94. The zero-order valence-corrected chi connectivity index (χ0v) is 27.6. The molecule has 1 atom stereocenters. The van der Waals surface area contributed by atoms with Gasteiger partial charge in [0, 0.05) is 36.8 Å². The molecule has 3 aromatic rings. The minimum absolute atomic E-state index is 0.0554. The highest BCUT2D eigenvalue weighted by Crippen LogP contribution is 2.30. The molecule has 1 heterocycles. The molecule has 1 aromatic heterocycles. The van der Waals surface area contributed by atoms with E-state index in [-0.39, 0.29) is 28.3 Å². The molecule has 234 valence electrons. The minimum atomic E-state index is -4.08. The molecule has 0 fully saturated rings. The highest BCUT2D eigenvalue weighted by molar-refractivity contribution is 7.92. The molecule has 0 saturated carbocycles. The Balaban J connectivity index is 2.01. The van der Waals surface area contributed by atoms with Gasteiger partial charge < -0.3 is 4.74 Å². The highest BCUT2D eigenvalue weighted by atomic mass is 32.2. The van der Waals surface area contributed by atoms with Gasteiger partial charge in [-0.15, -0.1) is 0 Å². The number of aryl methyl sites for hydroxylation is 2. The van der Waals surface area contributed by atoms with E-state index in [1.165, 1.54) is 18.2 Å². The number of nitrogens with zero attached hydrogens (tertiary/aromatic N) is 4. The van der Waals surface area contributed by atoms with Crippen LogP contribution < -0.4 is 9.46 Å². The maximum Gasteiger partial charge on any atom is 0.264 e. The van der Waals surface area contributed by atoms with E-state index in [1.54, 1.807) is 12.1 Å². The van der Waals surface area contributed by atoms with Crippen LogP contribution in [-0.2, 0) is 10.0 Å². The molecule has 0 spiro atoms. The number of unbranched alkanes of at least 4 members (excludes halogenated alkanes) is 1. The SMILES string of the molecule is CCCCN(C(C)C)N(C)[C@@H](COc1cc(-c2c(C)cccc2C)nc(NS(=O)(=O)c2cccc(C=O)c2)n1)CC(C)C. The maximum absolute atomic E-state index is 13.3. The summed E-state index contributed by atoms with van der Waals surface area (Å²) in [5.41, 5.74) is 3.70. The number of ether oxygens (including phenoxy) is 1. The molecule has 0 amide bonds. The number of hydrazine groups is 1. The van der Waals surface area contributed by atoms with Gasteiger partial charge in [-0.3, -0.25) is 4.79 Å². The molecule has 0 aliphatic heterocycles. The monoisotopic (exact) mass is 609 g/mol. The number of aldehydes is 1. The van der Waals surface area contributed by atoms with Crippen LogP contribution in [0.4, 0.5) is 5.95 Å². The van der Waals surface area contributed by atoms with Gasteiger partial charge in [-0.05, 0) is 69.7 Å². The first-order valence-electron chi connectivity index (χ1n) is 15.0. The van der Waals surface area contributed by atoms with Crippen molar-refractivity contribution in [2.75, 3.05) is 24.9 Å². The third-order valence-electron chi connectivity index (χ3n) is 7.41. The van der Waals surface area contributed by atoms with E-state index in [2.05, 4.69) is 66.4 Å². The quantitative estimate of drug-likeness (QED) is 0.145. The second-order valence-electron chi connectivity index (χ2n) is 11.8. The average molecular weight is 610 g/mol. The number of carbonyl (C=O) groups excluding carboxylic acids is 1. The fourth-order valence-corrected chi connectivity index (χ4v) is 6.19. The van der Waals surface area contributed by atoms with Gasteiger partial charge in [-0.2, -0.15) is 4.98 Å². The lowest BCUT2D eigenvalue weighted by molar-refractivity contribution is -0.0782. The van der Waals surface area contributed by atoms with Crippen LogP contribution in [0.2, 0.25) is 0 Å². The lowest BCUT2D eigenvalue weighted by Crippen LogP contribution is -2.52. The number of likely N-dealkylation sites (N-methyl/N-ethyl adjacent to an activating group) is 1. The number of sulfonamides is 1. The number of anilines is 1. The largest absolute Gasteiger partial charge is 0.476 e. The normalized spacial score (nSPS) is 12.7. The standard InChI is InChI=1S/C33H47N5O4S/c1-9-10-17-38(24(4)5)37(8)28(18-23(2)3)22-42-31-20-30(32-25(6)13-11-14-26(32)7)34-33(35-31)36-43(40,41)29-16-12-15-27(19-29)21-39/h11-16,19-21,23-24,28H,9-10,17-18,22H2,1-8H3,(H,34,35,36)/t28-/m1/s1. The Labute approximate surface area is 257 Å². The summed E-state index contributed by atoms with van der Waals surface area (Å²) in [7, 11) is -1.96. The molecule has 0 bridgehead atoms. The Morgan fingerprint density at radius 2 is 1.67 bits per heavy atom. The zero-order chi connectivity index (χ0) is 31.7. The second-order valence-corrected chi connectivity index (χ2v) is 13.4. The molecule has 0 radical (unpaired) electrons. The third-order valence-corrected chi connectivity index (χ3v) is 8.73. The topological polar surface area (TPSA) is 105 Å². The Bertz CT molecular complexity index is 1460. The zero-order valence-electron chi connectivity index (χ0n) is 26.8. The van der Waals surface area contributed by atoms with E-state index >= 15 is 0 Å². The van der Waals surface area contributed by atoms with Gasteiger partial charge in [0.15, 0.2) is 0 Å². The molecule has 1 N–H and O–H groups in total. The number of rotatable bonds is 16. The lowest BCUT2D eigenvalue weighted by atomic mass is 10.00. The number of benzene rings is 2. The van der Waals surface area contributed by atoms with E-state index in [9.17, 15) is 13.2 Å². The van der Waals surface area contributed by atoms with Crippen molar-refractivity contribution in [2.45, 2.75) is 84.7 Å². The van der Waals surface area contributed by atoms with Crippen molar-refractivity contribution >= 4 is 22.3 Å². The number of hydrogen-bond donors (Lipinski definition) is 1. The Hall–Kier alpha value is -3.34. The predicted molar refractivity (Wildman–Crippen MR) is 173 cm³/mol. The number of carbonyl (C=O) groups is 1. The third kappa shape index (κ3) is 9.32. The summed E-state index contributed by atoms with van der Waals surface area (Å²) in [6, 6.07) is 13.9. The summed E-state index contributed by atoms with van der Waals surface area (Å²) >= 11 is 0. The van der Waals surface area contributed by atoms with Crippen molar-refractivity contribution < 1.29 is 17.9 Å². The van der Waals surface area contributed by atoms with Crippen LogP contribution in [0.3, 0.4) is 0 Å². The van der Waals surface area contributed by atoms with Crippen LogP contribution in [0.1, 0.15) is 75.4 Å². The first-order valence-corrected chi connectivity index (χ1v) is 16.5. The van der Waals surface area contributed by atoms with Crippen LogP contribution in [0.25, 0.3) is 11.3 Å². The Morgan fingerprint density at radius 3 is 2.28 bits per heavy atom. The van der Waals surface area contributed by atoms with Crippen molar-refractivity contribution in [2.24, 2.45) is 5.92 Å². The summed E-state index contributed by atoms with van der Waals surface area (Å²) < 4.78 is 35.5. The molecular formula is C33H47N5O4S. The molecular weight excluding hydrogens is 562 g/mol. The molecule has 0 aliphatic rings. The highest BCUT2D eigenvalue weighted by Gasteiger charge is 2.25. The van der Waals surface area contributed by atoms with Gasteiger partial charge in [0.2, 0.25) is 11.8 Å². The van der Waals surface area contributed by atoms with Gasteiger partial charge >= 0.3 is 0 Å². The van der Waals surface area contributed by atoms with E-state index in [1.807, 2.05) is 32.0 Å².